The molecule has 0 atom stereocenters. The number of aromatic nitrogens is 1. The molecule has 0 radical (unpaired) electrons. The van der Waals surface area contributed by atoms with Gasteiger partial charge in [0.05, 0.1) is 0 Å². The third-order valence-electron chi connectivity index (χ3n) is 3.41. The molecule has 0 fully saturated rings. The number of aryl methyl sites for hydroxylation is 2. The predicted molar refractivity (Wildman–Crippen MR) is 64.9 cm³/mol. The van der Waals surface area contributed by atoms with Crippen LogP contribution in [0.25, 0.3) is 17.0 Å². The van der Waals surface area contributed by atoms with Gasteiger partial charge in [-0.25, -0.2) is 0 Å². The van der Waals surface area contributed by atoms with Crippen molar-refractivity contribution in [3.63, 3.8) is 0 Å². The highest BCUT2D eigenvalue weighted by Gasteiger charge is 2.16. The van der Waals surface area contributed by atoms with Gasteiger partial charge < -0.3 is 4.57 Å². The van der Waals surface area contributed by atoms with E-state index in [2.05, 4.69) is 48.9 Å². The molecule has 0 N–H and O–H groups in total. The molecule has 0 spiro atoms. The van der Waals surface area contributed by atoms with Gasteiger partial charge >= 0.3 is 0 Å². The molecule has 2 aromatic rings. The van der Waals surface area contributed by atoms with Crippen molar-refractivity contribution in [1.82, 2.24) is 4.57 Å². The number of benzene rings is 1. The molecule has 0 unspecified atom stereocenters. The molecule has 1 heteroatoms. The lowest BCUT2D eigenvalue weighted by Gasteiger charge is -2.11. The molecule has 1 aromatic heterocycles. The Labute approximate surface area is 90.0 Å². The predicted octanol–water partition coefficient (Wildman–Crippen LogP) is 3.53. The first kappa shape index (κ1) is 8.78. The molecule has 0 saturated heterocycles. The molecule has 0 saturated carbocycles. The minimum Gasteiger partial charge on any atom is -0.344 e. The number of nitrogens with zero attached hydrogens (tertiary/aromatic N) is 1. The van der Waals surface area contributed by atoms with Crippen LogP contribution in [-0.2, 0) is 13.5 Å². The second-order valence-corrected chi connectivity index (χ2v) is 4.43. The second-order valence-electron chi connectivity index (χ2n) is 4.43. The normalized spacial score (nSPS) is 15.2. The van der Waals surface area contributed by atoms with E-state index in [1.807, 2.05) is 0 Å². The van der Waals surface area contributed by atoms with Crippen LogP contribution in [0.5, 0.6) is 0 Å². The largest absolute Gasteiger partial charge is 0.344 e. The summed E-state index contributed by atoms with van der Waals surface area (Å²) in [6, 6.07) is 8.69. The van der Waals surface area contributed by atoms with Crippen molar-refractivity contribution in [2.24, 2.45) is 7.05 Å². The monoisotopic (exact) mass is 197 g/mol. The summed E-state index contributed by atoms with van der Waals surface area (Å²) >= 11 is 0. The maximum absolute atomic E-state index is 2.33. The number of hydrogen-bond acceptors (Lipinski definition) is 0. The molecule has 0 aliphatic heterocycles. The van der Waals surface area contributed by atoms with Gasteiger partial charge in [0.1, 0.15) is 0 Å². The van der Waals surface area contributed by atoms with Gasteiger partial charge in [-0.2, -0.15) is 0 Å². The van der Waals surface area contributed by atoms with Crippen LogP contribution in [0, 0.1) is 0 Å². The molecule has 0 amide bonds. The zero-order chi connectivity index (χ0) is 10.4. The van der Waals surface area contributed by atoms with Crippen LogP contribution in [0.3, 0.4) is 0 Å². The summed E-state index contributed by atoms with van der Waals surface area (Å²) in [5.41, 5.74) is 5.78. The van der Waals surface area contributed by atoms with Crippen molar-refractivity contribution >= 4 is 17.0 Å². The Morgan fingerprint density at radius 3 is 2.80 bits per heavy atom. The maximum Gasteiger partial charge on any atom is 0.0485 e. The lowest BCUT2D eigenvalue weighted by Crippen LogP contribution is -1.99. The van der Waals surface area contributed by atoms with E-state index in [1.165, 1.54) is 40.6 Å². The average Bonchev–Trinajstić information content (AvgIpc) is 2.54. The summed E-state index contributed by atoms with van der Waals surface area (Å²) in [6.45, 7) is 2.22. The van der Waals surface area contributed by atoms with Gasteiger partial charge in [-0.3, -0.25) is 0 Å². The Kier molecular flexibility index (Phi) is 1.75. The smallest absolute Gasteiger partial charge is 0.0485 e. The highest BCUT2D eigenvalue weighted by atomic mass is 14.9. The van der Waals surface area contributed by atoms with Crippen molar-refractivity contribution in [2.45, 2.75) is 19.8 Å². The molecule has 0 bridgehead atoms. The third-order valence-corrected chi connectivity index (χ3v) is 3.41. The first-order valence-corrected chi connectivity index (χ1v) is 5.51. The van der Waals surface area contributed by atoms with Gasteiger partial charge in [-0.1, -0.05) is 23.8 Å². The number of para-hydroxylation sites is 1. The van der Waals surface area contributed by atoms with E-state index in [-0.39, 0.29) is 0 Å². The first-order valence-electron chi connectivity index (χ1n) is 5.51. The molecular weight excluding hydrogens is 182 g/mol. The van der Waals surface area contributed by atoms with Gasteiger partial charge in [0.25, 0.3) is 0 Å². The van der Waals surface area contributed by atoms with Crippen LogP contribution < -0.4 is 0 Å². The summed E-state index contributed by atoms with van der Waals surface area (Å²) in [7, 11) is 2.16. The Bertz CT molecular complexity index is 558. The Morgan fingerprint density at radius 1 is 1.13 bits per heavy atom. The molecule has 1 heterocycles. The molecule has 1 aliphatic carbocycles. The Hall–Kier alpha value is -1.50. The van der Waals surface area contributed by atoms with Crippen LogP contribution in [0.2, 0.25) is 0 Å². The average molecular weight is 197 g/mol. The number of hydrogen-bond donors (Lipinski definition) is 0. The van der Waals surface area contributed by atoms with Crippen LogP contribution in [-0.4, -0.2) is 4.57 Å². The van der Waals surface area contributed by atoms with Crippen molar-refractivity contribution in [2.75, 3.05) is 0 Å². The van der Waals surface area contributed by atoms with E-state index in [4.69, 9.17) is 0 Å². The van der Waals surface area contributed by atoms with E-state index in [9.17, 15) is 0 Å². The summed E-state index contributed by atoms with van der Waals surface area (Å²) in [5, 5.41) is 1.43. The summed E-state index contributed by atoms with van der Waals surface area (Å²) in [4.78, 5) is 0. The van der Waals surface area contributed by atoms with E-state index in [1.54, 1.807) is 0 Å². The van der Waals surface area contributed by atoms with E-state index in [0.29, 0.717) is 0 Å². The summed E-state index contributed by atoms with van der Waals surface area (Å²) < 4.78 is 2.31. The fourth-order valence-electron chi connectivity index (χ4n) is 2.57. The Morgan fingerprint density at radius 2 is 1.93 bits per heavy atom. The van der Waals surface area contributed by atoms with E-state index < -0.39 is 0 Å². The Balaban J connectivity index is 2.43. The highest BCUT2D eigenvalue weighted by Crippen LogP contribution is 2.32. The maximum atomic E-state index is 2.33. The SMILES string of the molecule is CC1=Cc2c(c3ccccc3n2C)CC1. The van der Waals surface area contributed by atoms with Crippen LogP contribution in [0.4, 0.5) is 0 Å². The van der Waals surface area contributed by atoms with Gasteiger partial charge in [0.2, 0.25) is 0 Å². The molecule has 1 aliphatic rings. The number of fused-ring (bicyclic) bond motifs is 3. The quantitative estimate of drug-likeness (QED) is 0.609. The fourth-order valence-corrected chi connectivity index (χ4v) is 2.57. The first-order chi connectivity index (χ1) is 7.27. The van der Waals surface area contributed by atoms with Crippen LogP contribution in [0.1, 0.15) is 24.6 Å². The van der Waals surface area contributed by atoms with Crippen LogP contribution in [0.15, 0.2) is 29.8 Å². The van der Waals surface area contributed by atoms with Gasteiger partial charge in [-0.05, 0) is 37.5 Å². The minimum absolute atomic E-state index is 1.19. The lowest BCUT2D eigenvalue weighted by molar-refractivity contribution is 0.882. The van der Waals surface area contributed by atoms with Crippen molar-refractivity contribution in [1.29, 1.82) is 0 Å². The van der Waals surface area contributed by atoms with E-state index >= 15 is 0 Å². The molecule has 1 aromatic carbocycles. The summed E-state index contributed by atoms with van der Waals surface area (Å²) in [6.07, 6.45) is 4.73. The van der Waals surface area contributed by atoms with Crippen molar-refractivity contribution in [3.05, 3.63) is 41.1 Å². The summed E-state index contributed by atoms with van der Waals surface area (Å²) in [5.74, 6) is 0. The van der Waals surface area contributed by atoms with E-state index in [0.717, 1.165) is 0 Å². The third kappa shape index (κ3) is 1.16. The molecule has 3 rings (SSSR count). The second kappa shape index (κ2) is 2.99. The zero-order valence-corrected chi connectivity index (χ0v) is 9.25. The molecular formula is C14H15N. The highest BCUT2D eigenvalue weighted by molar-refractivity contribution is 5.89. The van der Waals surface area contributed by atoms with Crippen LogP contribution >= 0.6 is 0 Å². The van der Waals surface area contributed by atoms with Gasteiger partial charge in [0.15, 0.2) is 0 Å². The topological polar surface area (TPSA) is 4.93 Å². The number of rotatable bonds is 0. The molecule has 76 valence electrons. The molecule has 1 nitrogen and oxygen atoms in total. The molecule has 15 heavy (non-hydrogen) atoms. The standard InChI is InChI=1S/C14H15N/c1-10-7-8-12-11-5-3-4-6-13(11)15(2)14(12)9-10/h3-6,9H,7-8H2,1-2H3. The minimum atomic E-state index is 1.19. The lowest BCUT2D eigenvalue weighted by atomic mass is 9.96. The zero-order valence-electron chi connectivity index (χ0n) is 9.25. The fraction of sp³-hybridized carbons (Fsp3) is 0.286. The van der Waals surface area contributed by atoms with Gasteiger partial charge in [-0.15, -0.1) is 0 Å². The van der Waals surface area contributed by atoms with Crippen molar-refractivity contribution < 1.29 is 0 Å². The number of allylic oxidation sites excluding steroid dienone is 1. The van der Waals surface area contributed by atoms with Crippen molar-refractivity contribution in [3.8, 4) is 0 Å². The van der Waals surface area contributed by atoms with Gasteiger partial charge in [0, 0.05) is 23.6 Å².